The molecule has 3 rings (SSSR count). The quantitative estimate of drug-likeness (QED) is 0.722. The lowest BCUT2D eigenvalue weighted by atomic mass is 10.1. The molecule has 1 unspecified atom stereocenters. The molecule has 0 aliphatic carbocycles. The summed E-state index contributed by atoms with van der Waals surface area (Å²) in [6, 6.07) is 9.41. The van der Waals surface area contributed by atoms with Gasteiger partial charge in [0.1, 0.15) is 0 Å². The van der Waals surface area contributed by atoms with Crippen LogP contribution in [0.15, 0.2) is 30.3 Å². The van der Waals surface area contributed by atoms with E-state index in [0.29, 0.717) is 38.8 Å². The maximum Gasteiger partial charge on any atom is 0.223 e. The summed E-state index contributed by atoms with van der Waals surface area (Å²) < 4.78 is 23.7. The summed E-state index contributed by atoms with van der Waals surface area (Å²) >= 11 is 0. The van der Waals surface area contributed by atoms with Gasteiger partial charge in [0.2, 0.25) is 11.8 Å². The van der Waals surface area contributed by atoms with E-state index < -0.39 is 9.84 Å². The average Bonchev–Trinajstić information content (AvgIpc) is 3.18. The van der Waals surface area contributed by atoms with Crippen LogP contribution in [0, 0.1) is 0 Å². The highest BCUT2D eigenvalue weighted by atomic mass is 32.2. The Hall–Kier alpha value is -1.89. The standard InChI is InChI=1S/C19H26N2O4S/c22-18-8-4-11-20(18)12-5-9-19(23)21(14-16-6-2-1-3-7-16)17-10-13-26(24,25)15-17/h1-3,6-7,17H,4-5,8-15H2. The summed E-state index contributed by atoms with van der Waals surface area (Å²) in [5, 5.41) is 0. The first kappa shape index (κ1) is 18.9. The Kier molecular flexibility index (Phi) is 5.96. The zero-order chi connectivity index (χ0) is 18.6. The van der Waals surface area contributed by atoms with Crippen LogP contribution in [-0.4, -0.2) is 60.7 Å². The maximum absolute atomic E-state index is 12.8. The minimum atomic E-state index is -3.05. The van der Waals surface area contributed by atoms with Crippen molar-refractivity contribution in [3.05, 3.63) is 35.9 Å². The first-order chi connectivity index (χ1) is 12.4. The molecule has 1 atom stereocenters. The second-order valence-electron chi connectivity index (χ2n) is 7.15. The molecule has 7 heteroatoms. The first-order valence-corrected chi connectivity index (χ1v) is 11.1. The zero-order valence-corrected chi connectivity index (χ0v) is 15.8. The van der Waals surface area contributed by atoms with Gasteiger partial charge in [-0.25, -0.2) is 8.42 Å². The lowest BCUT2D eigenvalue weighted by molar-refractivity contribution is -0.134. The highest BCUT2D eigenvalue weighted by Gasteiger charge is 2.34. The normalized spacial score (nSPS) is 21.9. The summed E-state index contributed by atoms with van der Waals surface area (Å²) in [5.74, 6) is 0.345. The molecular weight excluding hydrogens is 352 g/mol. The van der Waals surface area contributed by atoms with E-state index in [-0.39, 0.29) is 29.4 Å². The van der Waals surface area contributed by atoms with Gasteiger partial charge < -0.3 is 9.80 Å². The molecule has 2 amide bonds. The molecule has 0 N–H and O–H groups in total. The summed E-state index contributed by atoms with van der Waals surface area (Å²) in [4.78, 5) is 28.0. The monoisotopic (exact) mass is 378 g/mol. The molecule has 0 aromatic heterocycles. The fourth-order valence-corrected chi connectivity index (χ4v) is 5.46. The van der Waals surface area contributed by atoms with Gasteiger partial charge in [0.05, 0.1) is 11.5 Å². The largest absolute Gasteiger partial charge is 0.343 e. The molecule has 2 heterocycles. The number of hydrogen-bond acceptors (Lipinski definition) is 4. The lowest BCUT2D eigenvalue weighted by Gasteiger charge is -2.29. The van der Waals surface area contributed by atoms with E-state index in [4.69, 9.17) is 0 Å². The Morgan fingerprint density at radius 3 is 2.62 bits per heavy atom. The SMILES string of the molecule is O=C1CCCN1CCCC(=O)N(Cc1ccccc1)C1CCS(=O)(=O)C1. The molecule has 1 aromatic carbocycles. The lowest BCUT2D eigenvalue weighted by Crippen LogP contribution is -2.41. The number of benzene rings is 1. The minimum Gasteiger partial charge on any atom is -0.343 e. The number of nitrogens with zero attached hydrogens (tertiary/aromatic N) is 2. The van der Waals surface area contributed by atoms with E-state index in [1.54, 1.807) is 4.90 Å². The van der Waals surface area contributed by atoms with Gasteiger partial charge in [-0.1, -0.05) is 30.3 Å². The van der Waals surface area contributed by atoms with Gasteiger partial charge in [0, 0.05) is 38.5 Å². The number of carbonyl (C=O) groups is 2. The number of rotatable bonds is 7. The third-order valence-electron chi connectivity index (χ3n) is 5.16. The van der Waals surface area contributed by atoms with Gasteiger partial charge in [0.25, 0.3) is 0 Å². The van der Waals surface area contributed by atoms with Crippen molar-refractivity contribution in [2.75, 3.05) is 24.6 Å². The predicted molar refractivity (Wildman–Crippen MR) is 99.1 cm³/mol. The van der Waals surface area contributed by atoms with Gasteiger partial charge in [0.15, 0.2) is 9.84 Å². The highest BCUT2D eigenvalue weighted by Crippen LogP contribution is 2.21. The number of carbonyl (C=O) groups excluding carboxylic acids is 2. The molecule has 142 valence electrons. The van der Waals surface area contributed by atoms with Crippen molar-refractivity contribution in [1.82, 2.24) is 9.80 Å². The van der Waals surface area contributed by atoms with Crippen molar-refractivity contribution in [3.8, 4) is 0 Å². The molecule has 2 aliphatic rings. The third-order valence-corrected chi connectivity index (χ3v) is 6.91. The van der Waals surface area contributed by atoms with Crippen LogP contribution in [0.5, 0.6) is 0 Å². The van der Waals surface area contributed by atoms with Gasteiger partial charge in [-0.3, -0.25) is 9.59 Å². The Bertz CT molecular complexity index is 748. The van der Waals surface area contributed by atoms with Crippen LogP contribution < -0.4 is 0 Å². The minimum absolute atomic E-state index is 0.0254. The molecule has 0 saturated carbocycles. The van der Waals surface area contributed by atoms with Gasteiger partial charge in [-0.15, -0.1) is 0 Å². The smallest absolute Gasteiger partial charge is 0.223 e. The zero-order valence-electron chi connectivity index (χ0n) is 15.0. The molecule has 6 nitrogen and oxygen atoms in total. The summed E-state index contributed by atoms with van der Waals surface area (Å²) in [7, 11) is -3.05. The molecule has 26 heavy (non-hydrogen) atoms. The maximum atomic E-state index is 12.8. The molecular formula is C19H26N2O4S. The average molecular weight is 378 g/mol. The van der Waals surface area contributed by atoms with Crippen molar-refractivity contribution in [1.29, 1.82) is 0 Å². The third kappa shape index (κ3) is 4.84. The first-order valence-electron chi connectivity index (χ1n) is 9.26. The van der Waals surface area contributed by atoms with E-state index in [1.807, 2.05) is 35.2 Å². The van der Waals surface area contributed by atoms with Crippen molar-refractivity contribution in [3.63, 3.8) is 0 Å². The second-order valence-corrected chi connectivity index (χ2v) is 9.38. The molecule has 2 aliphatic heterocycles. The molecule has 2 fully saturated rings. The van der Waals surface area contributed by atoms with Gasteiger partial charge in [-0.05, 0) is 24.8 Å². The number of likely N-dealkylation sites (tertiary alicyclic amines) is 1. The van der Waals surface area contributed by atoms with Crippen LogP contribution in [0.3, 0.4) is 0 Å². The Morgan fingerprint density at radius 2 is 2.00 bits per heavy atom. The summed E-state index contributed by atoms with van der Waals surface area (Å²) in [6.45, 7) is 1.82. The number of sulfone groups is 1. The number of hydrogen-bond donors (Lipinski definition) is 0. The number of amides is 2. The molecule has 0 bridgehead atoms. The topological polar surface area (TPSA) is 74.8 Å². The van der Waals surface area contributed by atoms with Crippen LogP contribution in [0.25, 0.3) is 0 Å². The fourth-order valence-electron chi connectivity index (χ4n) is 3.73. The van der Waals surface area contributed by atoms with Crippen molar-refractivity contribution in [2.24, 2.45) is 0 Å². The van der Waals surface area contributed by atoms with Crippen LogP contribution in [-0.2, 0) is 26.0 Å². The van der Waals surface area contributed by atoms with Crippen molar-refractivity contribution >= 4 is 21.7 Å². The van der Waals surface area contributed by atoms with Crippen LogP contribution in [0.4, 0.5) is 0 Å². The van der Waals surface area contributed by atoms with Crippen LogP contribution >= 0.6 is 0 Å². The van der Waals surface area contributed by atoms with E-state index >= 15 is 0 Å². The molecule has 0 spiro atoms. The summed E-state index contributed by atoms with van der Waals surface area (Å²) in [6.07, 6.45) is 2.97. The van der Waals surface area contributed by atoms with Crippen LogP contribution in [0.1, 0.15) is 37.7 Å². The fraction of sp³-hybridized carbons (Fsp3) is 0.579. The predicted octanol–water partition coefficient (Wildman–Crippen LogP) is 1.60. The molecule has 2 saturated heterocycles. The van der Waals surface area contributed by atoms with Crippen LogP contribution in [0.2, 0.25) is 0 Å². The molecule has 1 aromatic rings. The van der Waals surface area contributed by atoms with E-state index in [2.05, 4.69) is 0 Å². The highest BCUT2D eigenvalue weighted by molar-refractivity contribution is 7.91. The Morgan fingerprint density at radius 1 is 1.23 bits per heavy atom. The van der Waals surface area contributed by atoms with Crippen molar-refractivity contribution in [2.45, 2.75) is 44.7 Å². The van der Waals surface area contributed by atoms with Crippen molar-refractivity contribution < 1.29 is 18.0 Å². The van der Waals surface area contributed by atoms with Gasteiger partial charge >= 0.3 is 0 Å². The van der Waals surface area contributed by atoms with E-state index in [1.165, 1.54) is 0 Å². The van der Waals surface area contributed by atoms with E-state index in [0.717, 1.165) is 18.5 Å². The summed E-state index contributed by atoms with van der Waals surface area (Å²) in [5.41, 5.74) is 1.000. The Balaban J connectivity index is 1.62. The van der Waals surface area contributed by atoms with Gasteiger partial charge in [-0.2, -0.15) is 0 Å². The second kappa shape index (κ2) is 8.20. The Labute approximate surface area is 155 Å². The van der Waals surface area contributed by atoms with E-state index in [9.17, 15) is 18.0 Å². The molecule has 0 radical (unpaired) electrons.